The van der Waals surface area contributed by atoms with E-state index in [0.717, 1.165) is 0 Å². The summed E-state index contributed by atoms with van der Waals surface area (Å²) in [5, 5.41) is 31.6. The molecular formula is C29H31F4N7O3. The molecule has 5 rings (SSSR count). The van der Waals surface area contributed by atoms with Crippen molar-refractivity contribution in [2.24, 2.45) is 11.3 Å². The van der Waals surface area contributed by atoms with Gasteiger partial charge in [0, 0.05) is 18.8 Å². The Morgan fingerprint density at radius 3 is 2.53 bits per heavy atom. The Hall–Kier alpha value is -4.25. The van der Waals surface area contributed by atoms with Gasteiger partial charge in [-0.15, -0.1) is 0 Å². The number of aromatic nitrogens is 3. The summed E-state index contributed by atoms with van der Waals surface area (Å²) in [7, 11) is 0. The first-order chi connectivity index (χ1) is 20.2. The van der Waals surface area contributed by atoms with Crippen molar-refractivity contribution in [2.75, 3.05) is 18.4 Å². The highest BCUT2D eigenvalue weighted by Gasteiger charge is 2.68. The van der Waals surface area contributed by atoms with E-state index in [0.29, 0.717) is 41.0 Å². The fourth-order valence-electron chi connectivity index (χ4n) is 5.09. The van der Waals surface area contributed by atoms with Gasteiger partial charge in [0.15, 0.2) is 0 Å². The minimum Gasteiger partial charge on any atom is -0.387 e. The maximum atomic E-state index is 14.3. The van der Waals surface area contributed by atoms with Gasteiger partial charge in [-0.3, -0.25) is 14.6 Å². The molecule has 0 spiro atoms. The predicted octanol–water partition coefficient (Wildman–Crippen LogP) is 3.76. The van der Waals surface area contributed by atoms with Gasteiger partial charge in [0.1, 0.15) is 17.7 Å². The predicted molar refractivity (Wildman–Crippen MR) is 148 cm³/mol. The number of alkyl halides is 4. The first-order valence-electron chi connectivity index (χ1n) is 13.9. The number of nitrogens with one attached hydrogen (secondary N) is 3. The fraction of sp³-hybridized carbons (Fsp3) is 0.483. The summed E-state index contributed by atoms with van der Waals surface area (Å²) < 4.78 is 55.6. The number of carbonyl (C=O) groups is 2. The molecule has 14 heteroatoms. The second kappa shape index (κ2) is 11.1. The van der Waals surface area contributed by atoms with Crippen molar-refractivity contribution in [3.63, 3.8) is 0 Å². The molecule has 0 bridgehead atoms. The molecule has 0 aromatic carbocycles. The summed E-state index contributed by atoms with van der Waals surface area (Å²) in [4.78, 5) is 29.7. The van der Waals surface area contributed by atoms with E-state index in [1.165, 1.54) is 26.2 Å². The average molecular weight is 602 g/mol. The number of rotatable bonds is 10. The SMILES string of the molecule is CC(C)(O)C(F)CNC(=O)c1cnc(-c2ccc3cc(C#N)cnn23)cc1NC1CC(CNC(=O)C2(C(F)(F)F)CC2)C1. The van der Waals surface area contributed by atoms with Crippen LogP contribution in [0.2, 0.25) is 0 Å². The molecule has 2 aliphatic rings. The number of amides is 2. The molecule has 2 saturated carbocycles. The van der Waals surface area contributed by atoms with Crippen molar-refractivity contribution < 1.29 is 32.3 Å². The van der Waals surface area contributed by atoms with Crippen molar-refractivity contribution in [3.05, 3.63) is 47.8 Å². The standard InChI is InChI=1S/C29H31F4N7O3/c1-27(2,43)24(30)15-36-25(41)20-14-35-22(23-4-3-19-9-17(11-34)13-38-40(19)23)10-21(20)39-18-7-16(8-18)12-37-26(42)28(5-6-28)29(31,32)33/h3-4,9-10,13-14,16,18,24,43H,5-8,12,15H2,1-2H3,(H,35,39)(H,36,41)(H,37,42). The van der Waals surface area contributed by atoms with Crippen molar-refractivity contribution >= 4 is 23.0 Å². The van der Waals surface area contributed by atoms with Crippen LogP contribution in [-0.2, 0) is 4.79 Å². The molecule has 3 aromatic rings. The van der Waals surface area contributed by atoms with Crippen LogP contribution in [0.4, 0.5) is 23.2 Å². The summed E-state index contributed by atoms with van der Waals surface area (Å²) >= 11 is 0. The minimum atomic E-state index is -4.56. The van der Waals surface area contributed by atoms with E-state index in [4.69, 9.17) is 5.26 Å². The molecule has 228 valence electrons. The molecule has 1 unspecified atom stereocenters. The molecule has 2 aliphatic carbocycles. The van der Waals surface area contributed by atoms with Gasteiger partial charge in [0.2, 0.25) is 5.91 Å². The van der Waals surface area contributed by atoms with Crippen LogP contribution in [0, 0.1) is 22.7 Å². The number of carbonyl (C=O) groups excluding carboxylic acids is 2. The zero-order chi connectivity index (χ0) is 31.2. The third-order valence-corrected chi connectivity index (χ3v) is 8.12. The van der Waals surface area contributed by atoms with Gasteiger partial charge in [-0.05, 0) is 69.7 Å². The van der Waals surface area contributed by atoms with Crippen LogP contribution >= 0.6 is 0 Å². The van der Waals surface area contributed by atoms with Gasteiger partial charge in [0.05, 0.1) is 52.1 Å². The fourth-order valence-corrected chi connectivity index (χ4v) is 5.09. The van der Waals surface area contributed by atoms with Crippen LogP contribution in [0.5, 0.6) is 0 Å². The maximum Gasteiger partial charge on any atom is 0.403 e. The largest absolute Gasteiger partial charge is 0.403 e. The van der Waals surface area contributed by atoms with Crippen LogP contribution in [-0.4, -0.2) is 68.6 Å². The van der Waals surface area contributed by atoms with Crippen molar-refractivity contribution in [3.8, 4) is 17.5 Å². The molecule has 3 heterocycles. The van der Waals surface area contributed by atoms with Crippen LogP contribution in [0.3, 0.4) is 0 Å². The lowest BCUT2D eigenvalue weighted by Crippen LogP contribution is -2.46. The maximum absolute atomic E-state index is 14.3. The van der Waals surface area contributed by atoms with E-state index < -0.39 is 41.7 Å². The minimum absolute atomic E-state index is 0.0451. The lowest BCUT2D eigenvalue weighted by atomic mass is 9.80. The van der Waals surface area contributed by atoms with E-state index in [2.05, 4.69) is 26.0 Å². The molecule has 0 saturated heterocycles. The first-order valence-corrected chi connectivity index (χ1v) is 13.9. The Morgan fingerprint density at radius 1 is 1.19 bits per heavy atom. The number of pyridine rings is 1. The normalized spacial score (nSPS) is 20.0. The highest BCUT2D eigenvalue weighted by molar-refractivity contribution is 6.00. The molecule has 43 heavy (non-hydrogen) atoms. The molecule has 0 radical (unpaired) electrons. The molecule has 1 atom stereocenters. The quantitative estimate of drug-likeness (QED) is 0.259. The molecule has 10 nitrogen and oxygen atoms in total. The summed E-state index contributed by atoms with van der Waals surface area (Å²) in [6.45, 7) is 2.28. The van der Waals surface area contributed by atoms with E-state index in [1.807, 2.05) is 6.07 Å². The smallest absolute Gasteiger partial charge is 0.387 e. The molecule has 2 fully saturated rings. The van der Waals surface area contributed by atoms with Crippen molar-refractivity contribution in [1.82, 2.24) is 25.2 Å². The Kier molecular flexibility index (Phi) is 7.81. The summed E-state index contributed by atoms with van der Waals surface area (Å²) in [5.74, 6) is -1.65. The van der Waals surface area contributed by atoms with E-state index in [-0.39, 0.29) is 36.9 Å². The Balaban J connectivity index is 1.31. The lowest BCUT2D eigenvalue weighted by molar-refractivity contribution is -0.192. The van der Waals surface area contributed by atoms with E-state index in [9.17, 15) is 32.3 Å². The second-order valence-corrected chi connectivity index (χ2v) is 11.8. The zero-order valence-electron chi connectivity index (χ0n) is 23.5. The summed E-state index contributed by atoms with van der Waals surface area (Å²) in [6.07, 6.45) is -2.84. The third-order valence-electron chi connectivity index (χ3n) is 8.12. The highest BCUT2D eigenvalue weighted by atomic mass is 19.4. The number of halogens is 4. The monoisotopic (exact) mass is 601 g/mol. The first kappa shape index (κ1) is 30.2. The van der Waals surface area contributed by atoms with Crippen LogP contribution in [0.1, 0.15) is 55.5 Å². The number of nitrogens with zero attached hydrogens (tertiary/aromatic N) is 4. The molecule has 2 amide bonds. The Bertz CT molecular complexity index is 1580. The van der Waals surface area contributed by atoms with E-state index in [1.54, 1.807) is 28.8 Å². The number of hydrogen-bond acceptors (Lipinski definition) is 7. The topological polar surface area (TPSA) is 144 Å². The van der Waals surface area contributed by atoms with Crippen LogP contribution < -0.4 is 16.0 Å². The Morgan fingerprint density at radius 2 is 1.91 bits per heavy atom. The summed E-state index contributed by atoms with van der Waals surface area (Å²) in [6, 6.07) is 8.74. The highest BCUT2D eigenvalue weighted by Crippen LogP contribution is 2.57. The van der Waals surface area contributed by atoms with Crippen LogP contribution in [0.25, 0.3) is 16.9 Å². The Labute approximate surface area is 244 Å². The van der Waals surface area contributed by atoms with E-state index >= 15 is 0 Å². The number of nitriles is 1. The van der Waals surface area contributed by atoms with Gasteiger partial charge < -0.3 is 21.1 Å². The molecular weight excluding hydrogens is 570 g/mol. The molecule has 4 N–H and O–H groups in total. The lowest BCUT2D eigenvalue weighted by Gasteiger charge is -2.37. The van der Waals surface area contributed by atoms with Crippen LogP contribution in [0.15, 0.2) is 36.7 Å². The van der Waals surface area contributed by atoms with Gasteiger partial charge >= 0.3 is 6.18 Å². The summed E-state index contributed by atoms with van der Waals surface area (Å²) in [5.41, 5.74) is -1.29. The number of hydrogen-bond donors (Lipinski definition) is 4. The van der Waals surface area contributed by atoms with Gasteiger partial charge in [0.25, 0.3) is 5.91 Å². The molecule has 0 aliphatic heterocycles. The average Bonchev–Trinajstić information content (AvgIpc) is 3.66. The van der Waals surface area contributed by atoms with Gasteiger partial charge in [-0.2, -0.15) is 23.5 Å². The van der Waals surface area contributed by atoms with Crippen molar-refractivity contribution in [2.45, 2.75) is 63.5 Å². The van der Waals surface area contributed by atoms with Gasteiger partial charge in [-0.25, -0.2) is 8.91 Å². The zero-order valence-corrected chi connectivity index (χ0v) is 23.5. The number of anilines is 1. The number of aliphatic hydroxyl groups is 1. The van der Waals surface area contributed by atoms with Crippen molar-refractivity contribution in [1.29, 1.82) is 5.26 Å². The second-order valence-electron chi connectivity index (χ2n) is 11.8. The van der Waals surface area contributed by atoms with Gasteiger partial charge in [-0.1, -0.05) is 0 Å². The molecule has 3 aromatic heterocycles. The third kappa shape index (κ3) is 6.13. The number of fused-ring (bicyclic) bond motifs is 1.